The summed E-state index contributed by atoms with van der Waals surface area (Å²) in [6.07, 6.45) is 5.04. The summed E-state index contributed by atoms with van der Waals surface area (Å²) in [4.78, 5) is 15.9. The lowest BCUT2D eigenvalue weighted by Crippen LogP contribution is -2.47. The number of amides is 1. The van der Waals surface area contributed by atoms with Gasteiger partial charge in [-0.1, -0.05) is 18.2 Å². The number of para-hydroxylation sites is 1. The molecule has 2 aromatic rings. The molecule has 5 nitrogen and oxygen atoms in total. The Morgan fingerprint density at radius 1 is 1.17 bits per heavy atom. The largest absolute Gasteiger partial charge is 0.441 e. The summed E-state index contributed by atoms with van der Waals surface area (Å²) < 4.78 is 7.84. The lowest BCUT2D eigenvalue weighted by atomic mass is 9.91. The van der Waals surface area contributed by atoms with Gasteiger partial charge in [0.05, 0.1) is 6.54 Å². The smallest absolute Gasteiger partial charge is 0.410 e. The van der Waals surface area contributed by atoms with Gasteiger partial charge in [0.2, 0.25) is 0 Å². The quantitative estimate of drug-likeness (QED) is 0.870. The molecule has 2 aliphatic heterocycles. The van der Waals surface area contributed by atoms with E-state index in [1.165, 1.54) is 16.5 Å². The number of ether oxygens (including phenoxy) is 1. The molecule has 0 unspecified atom stereocenters. The molecule has 0 bridgehead atoms. The zero-order valence-electron chi connectivity index (χ0n) is 14.5. The van der Waals surface area contributed by atoms with Crippen molar-refractivity contribution in [2.24, 2.45) is 7.05 Å². The van der Waals surface area contributed by atoms with E-state index >= 15 is 0 Å². The first-order valence-electron chi connectivity index (χ1n) is 8.76. The van der Waals surface area contributed by atoms with Crippen LogP contribution in [-0.2, 0) is 18.2 Å². The van der Waals surface area contributed by atoms with E-state index in [4.69, 9.17) is 4.74 Å². The number of rotatable bonds is 3. The first kappa shape index (κ1) is 15.5. The van der Waals surface area contributed by atoms with Crippen LogP contribution in [0.1, 0.15) is 18.4 Å². The molecule has 0 aliphatic carbocycles. The summed E-state index contributed by atoms with van der Waals surface area (Å²) in [6, 6.07) is 8.59. The van der Waals surface area contributed by atoms with Crippen LogP contribution in [0.3, 0.4) is 0 Å². The second-order valence-electron chi connectivity index (χ2n) is 7.28. The molecule has 128 valence electrons. The number of piperidine rings is 1. The van der Waals surface area contributed by atoms with Crippen molar-refractivity contribution in [2.75, 3.05) is 33.2 Å². The topological polar surface area (TPSA) is 37.7 Å². The summed E-state index contributed by atoms with van der Waals surface area (Å²) >= 11 is 0. The van der Waals surface area contributed by atoms with Crippen molar-refractivity contribution < 1.29 is 9.53 Å². The third kappa shape index (κ3) is 2.67. The number of carbonyl (C=O) groups is 1. The van der Waals surface area contributed by atoms with Crippen molar-refractivity contribution in [3.63, 3.8) is 0 Å². The second-order valence-corrected chi connectivity index (χ2v) is 7.28. The van der Waals surface area contributed by atoms with Gasteiger partial charge in [-0.25, -0.2) is 4.79 Å². The minimum Gasteiger partial charge on any atom is -0.441 e. The molecule has 1 aromatic heterocycles. The number of aryl methyl sites for hydroxylation is 1. The van der Waals surface area contributed by atoms with E-state index in [1.807, 2.05) is 7.05 Å². The molecule has 4 rings (SSSR count). The Kier molecular flexibility index (Phi) is 3.76. The van der Waals surface area contributed by atoms with Gasteiger partial charge in [-0.15, -0.1) is 0 Å². The van der Waals surface area contributed by atoms with Gasteiger partial charge < -0.3 is 19.1 Å². The van der Waals surface area contributed by atoms with Gasteiger partial charge in [-0.3, -0.25) is 0 Å². The molecule has 0 atom stereocenters. The molecule has 5 heteroatoms. The van der Waals surface area contributed by atoms with Crippen LogP contribution >= 0.6 is 0 Å². The number of nitrogens with zero attached hydrogens (tertiary/aromatic N) is 3. The predicted molar refractivity (Wildman–Crippen MR) is 94.1 cm³/mol. The molecule has 2 fully saturated rings. The Hall–Kier alpha value is -2.01. The summed E-state index contributed by atoms with van der Waals surface area (Å²) in [6.45, 7) is 3.81. The van der Waals surface area contributed by atoms with E-state index < -0.39 is 0 Å². The van der Waals surface area contributed by atoms with Crippen LogP contribution in [0.5, 0.6) is 0 Å². The van der Waals surface area contributed by atoms with Crippen LogP contribution in [0.25, 0.3) is 10.9 Å². The molecule has 1 amide bonds. The van der Waals surface area contributed by atoms with Crippen molar-refractivity contribution in [3.05, 3.63) is 36.0 Å². The van der Waals surface area contributed by atoms with E-state index in [2.05, 4.69) is 47.0 Å². The highest BCUT2D eigenvalue weighted by atomic mass is 16.6. The number of aromatic nitrogens is 1. The van der Waals surface area contributed by atoms with E-state index in [9.17, 15) is 4.79 Å². The first-order chi connectivity index (χ1) is 11.6. The third-order valence-electron chi connectivity index (χ3n) is 5.58. The fourth-order valence-corrected chi connectivity index (χ4v) is 4.14. The highest BCUT2D eigenvalue weighted by Crippen LogP contribution is 2.32. The number of fused-ring (bicyclic) bond motifs is 1. The van der Waals surface area contributed by atoms with Gasteiger partial charge in [0.1, 0.15) is 5.60 Å². The van der Waals surface area contributed by atoms with Gasteiger partial charge in [-0.2, -0.15) is 0 Å². The highest BCUT2D eigenvalue weighted by molar-refractivity contribution is 5.83. The average Bonchev–Trinajstić information content (AvgIpc) is 3.05. The molecule has 0 N–H and O–H groups in total. The lowest BCUT2D eigenvalue weighted by molar-refractivity contribution is 0.00108. The van der Waals surface area contributed by atoms with Crippen LogP contribution in [0, 0.1) is 0 Å². The van der Waals surface area contributed by atoms with Crippen LogP contribution in [0.2, 0.25) is 0 Å². The molecule has 0 radical (unpaired) electrons. The molecular formula is C19H25N3O2. The standard InChI is InChI=1S/C19H25N3O2/c1-20-13-15(16-5-3-4-6-17(16)20)7-10-22-11-8-19(9-12-22)14-21(2)18(23)24-19/h3-6,13H,7-12,14H2,1-2H3. The Balaban J connectivity index is 1.37. The van der Waals surface area contributed by atoms with E-state index in [-0.39, 0.29) is 11.7 Å². The third-order valence-corrected chi connectivity index (χ3v) is 5.58. The molecule has 0 saturated carbocycles. The van der Waals surface area contributed by atoms with Crippen molar-refractivity contribution in [1.29, 1.82) is 0 Å². The number of likely N-dealkylation sites (N-methyl/N-ethyl adjacent to an activating group) is 1. The van der Waals surface area contributed by atoms with E-state index in [1.54, 1.807) is 4.90 Å². The van der Waals surface area contributed by atoms with Gasteiger partial charge in [-0.05, 0) is 18.1 Å². The average molecular weight is 327 g/mol. The Morgan fingerprint density at radius 3 is 2.62 bits per heavy atom. The number of benzene rings is 1. The highest BCUT2D eigenvalue weighted by Gasteiger charge is 2.45. The minimum absolute atomic E-state index is 0.167. The summed E-state index contributed by atoms with van der Waals surface area (Å²) in [5.41, 5.74) is 2.48. The molecule has 2 saturated heterocycles. The van der Waals surface area contributed by atoms with Crippen molar-refractivity contribution in [2.45, 2.75) is 24.9 Å². The Morgan fingerprint density at radius 2 is 1.92 bits per heavy atom. The van der Waals surface area contributed by atoms with Gasteiger partial charge in [0.25, 0.3) is 0 Å². The lowest BCUT2D eigenvalue weighted by Gasteiger charge is -2.37. The van der Waals surface area contributed by atoms with Crippen molar-refractivity contribution >= 4 is 17.0 Å². The number of likely N-dealkylation sites (tertiary alicyclic amines) is 1. The van der Waals surface area contributed by atoms with Gasteiger partial charge in [0, 0.05) is 63.7 Å². The Labute approximate surface area is 142 Å². The van der Waals surface area contributed by atoms with Crippen LogP contribution in [0.15, 0.2) is 30.5 Å². The summed E-state index contributed by atoms with van der Waals surface area (Å²) in [5.74, 6) is 0. The minimum atomic E-state index is -0.234. The van der Waals surface area contributed by atoms with E-state index in [0.29, 0.717) is 0 Å². The summed E-state index contributed by atoms with van der Waals surface area (Å²) in [7, 11) is 3.94. The SMILES string of the molecule is CN1CC2(CCN(CCc3cn(C)c4ccccc34)CC2)OC1=O. The fourth-order valence-electron chi connectivity index (χ4n) is 4.14. The maximum Gasteiger partial charge on any atom is 0.410 e. The zero-order chi connectivity index (χ0) is 16.7. The number of carbonyl (C=O) groups excluding carboxylic acids is 1. The number of hydrogen-bond donors (Lipinski definition) is 0. The normalized spacial score (nSPS) is 20.9. The number of hydrogen-bond acceptors (Lipinski definition) is 3. The Bertz CT molecular complexity index is 759. The molecule has 2 aliphatic rings. The second kappa shape index (κ2) is 5.81. The van der Waals surface area contributed by atoms with Gasteiger partial charge >= 0.3 is 6.09 Å². The van der Waals surface area contributed by atoms with Crippen LogP contribution in [0.4, 0.5) is 4.79 Å². The van der Waals surface area contributed by atoms with E-state index in [0.717, 1.165) is 45.4 Å². The monoisotopic (exact) mass is 327 g/mol. The van der Waals surface area contributed by atoms with Gasteiger partial charge in [0.15, 0.2) is 0 Å². The zero-order valence-corrected chi connectivity index (χ0v) is 14.5. The molecular weight excluding hydrogens is 302 g/mol. The molecule has 1 spiro atoms. The molecule has 24 heavy (non-hydrogen) atoms. The van der Waals surface area contributed by atoms with Crippen molar-refractivity contribution in [1.82, 2.24) is 14.4 Å². The summed E-state index contributed by atoms with van der Waals surface area (Å²) in [5, 5.41) is 1.36. The van der Waals surface area contributed by atoms with Crippen LogP contribution < -0.4 is 0 Å². The van der Waals surface area contributed by atoms with Crippen molar-refractivity contribution in [3.8, 4) is 0 Å². The van der Waals surface area contributed by atoms with Crippen LogP contribution in [-0.4, -0.2) is 59.3 Å². The molecule has 3 heterocycles. The maximum atomic E-state index is 11.7. The predicted octanol–water partition coefficient (Wildman–Crippen LogP) is 2.64. The molecule has 1 aromatic carbocycles. The first-order valence-corrected chi connectivity index (χ1v) is 8.76. The fraction of sp³-hybridized carbons (Fsp3) is 0.526. The maximum absolute atomic E-state index is 11.7.